The Morgan fingerprint density at radius 3 is 2.67 bits per heavy atom. The van der Waals surface area contributed by atoms with Gasteiger partial charge in [-0.2, -0.15) is 0 Å². The Kier molecular flexibility index (Phi) is 3.22. The average Bonchev–Trinajstić information content (AvgIpc) is 2.80. The first-order chi connectivity index (χ1) is 8.74. The van der Waals surface area contributed by atoms with Gasteiger partial charge < -0.3 is 10.6 Å². The van der Waals surface area contributed by atoms with E-state index in [0.29, 0.717) is 6.04 Å². The van der Waals surface area contributed by atoms with Crippen LogP contribution in [-0.2, 0) is 0 Å². The van der Waals surface area contributed by atoms with Crippen molar-refractivity contribution in [3.63, 3.8) is 0 Å². The highest BCUT2D eigenvalue weighted by molar-refractivity contribution is 7.22. The molecule has 0 bridgehead atoms. The summed E-state index contributed by atoms with van der Waals surface area (Å²) in [5.74, 6) is 0. The van der Waals surface area contributed by atoms with Crippen molar-refractivity contribution in [1.82, 2.24) is 10.3 Å². The van der Waals surface area contributed by atoms with Crippen LogP contribution in [0.2, 0.25) is 0 Å². The molecule has 0 amide bonds. The summed E-state index contributed by atoms with van der Waals surface area (Å²) in [7, 11) is 0. The smallest absolute Gasteiger partial charge is 0.184 e. The molecule has 18 heavy (non-hydrogen) atoms. The summed E-state index contributed by atoms with van der Waals surface area (Å²) in [5, 5.41) is 8.06. The van der Waals surface area contributed by atoms with Crippen LogP contribution in [-0.4, -0.2) is 24.1 Å². The van der Waals surface area contributed by atoms with Crippen LogP contribution in [0.25, 0.3) is 10.2 Å². The van der Waals surface area contributed by atoms with Crippen molar-refractivity contribution in [1.29, 1.82) is 0 Å². The summed E-state index contributed by atoms with van der Waals surface area (Å²) in [6.45, 7) is 6.52. The van der Waals surface area contributed by atoms with Gasteiger partial charge in [0.2, 0.25) is 0 Å². The lowest BCUT2D eigenvalue weighted by Crippen LogP contribution is -2.35. The number of hydrogen-bond donors (Lipinski definition) is 2. The van der Waals surface area contributed by atoms with E-state index in [9.17, 15) is 0 Å². The highest BCUT2D eigenvalue weighted by Gasteiger charge is 2.15. The second-order valence-corrected chi connectivity index (χ2v) is 6.06. The third-order valence-electron chi connectivity index (χ3n) is 3.61. The molecule has 0 aliphatic carbocycles. The van der Waals surface area contributed by atoms with Crippen LogP contribution >= 0.6 is 11.3 Å². The van der Waals surface area contributed by atoms with Crippen LogP contribution in [0.5, 0.6) is 0 Å². The van der Waals surface area contributed by atoms with E-state index in [4.69, 9.17) is 4.98 Å². The number of nitrogens with one attached hydrogen (secondary N) is 2. The van der Waals surface area contributed by atoms with Crippen molar-refractivity contribution in [2.45, 2.75) is 32.7 Å². The molecule has 1 aromatic heterocycles. The molecule has 1 aromatic carbocycles. The molecule has 2 aromatic rings. The summed E-state index contributed by atoms with van der Waals surface area (Å²) in [4.78, 5) is 4.75. The number of fused-ring (bicyclic) bond motifs is 1. The molecule has 0 unspecified atom stereocenters. The van der Waals surface area contributed by atoms with Crippen molar-refractivity contribution in [3.8, 4) is 0 Å². The Bertz CT molecular complexity index is 516. The lowest BCUT2D eigenvalue weighted by atomic mass is 10.1. The zero-order valence-electron chi connectivity index (χ0n) is 10.9. The molecule has 0 radical (unpaired) electrons. The van der Waals surface area contributed by atoms with Gasteiger partial charge in [-0.1, -0.05) is 23.5 Å². The van der Waals surface area contributed by atoms with Crippen LogP contribution in [0, 0.1) is 13.8 Å². The SMILES string of the molecule is Cc1ccc(C)c2sc(NC3CCNCC3)nc12. The molecule has 1 fully saturated rings. The van der Waals surface area contributed by atoms with Gasteiger partial charge in [0.05, 0.1) is 10.2 Å². The number of aryl methyl sites for hydroxylation is 2. The Labute approximate surface area is 112 Å². The van der Waals surface area contributed by atoms with E-state index in [1.807, 2.05) is 0 Å². The second kappa shape index (κ2) is 4.86. The van der Waals surface area contributed by atoms with Crippen LogP contribution in [0.3, 0.4) is 0 Å². The molecule has 3 nitrogen and oxygen atoms in total. The molecule has 1 saturated heterocycles. The first kappa shape index (κ1) is 11.9. The number of nitrogens with zero attached hydrogens (tertiary/aromatic N) is 1. The average molecular weight is 261 g/mol. The van der Waals surface area contributed by atoms with Crippen molar-refractivity contribution in [2.24, 2.45) is 0 Å². The minimum atomic E-state index is 0.576. The molecule has 0 atom stereocenters. The Morgan fingerprint density at radius 1 is 1.22 bits per heavy atom. The summed E-state index contributed by atoms with van der Waals surface area (Å²) >= 11 is 1.79. The Hall–Kier alpha value is -1.13. The normalized spacial score (nSPS) is 17.2. The third kappa shape index (κ3) is 2.22. The largest absolute Gasteiger partial charge is 0.359 e. The topological polar surface area (TPSA) is 37.0 Å². The predicted octanol–water partition coefficient (Wildman–Crippen LogP) is 3.08. The van der Waals surface area contributed by atoms with Crippen molar-refractivity contribution in [2.75, 3.05) is 18.4 Å². The van der Waals surface area contributed by atoms with Crippen LogP contribution in [0.15, 0.2) is 12.1 Å². The molecular formula is C14H19N3S. The molecular weight excluding hydrogens is 242 g/mol. The minimum absolute atomic E-state index is 0.576. The van der Waals surface area contributed by atoms with Crippen LogP contribution in [0.1, 0.15) is 24.0 Å². The molecule has 0 spiro atoms. The van der Waals surface area contributed by atoms with E-state index >= 15 is 0 Å². The molecule has 3 rings (SSSR count). The van der Waals surface area contributed by atoms with E-state index < -0.39 is 0 Å². The van der Waals surface area contributed by atoms with Gasteiger partial charge in [-0.05, 0) is 50.9 Å². The fraction of sp³-hybridized carbons (Fsp3) is 0.500. The van der Waals surface area contributed by atoms with E-state index in [2.05, 4.69) is 36.6 Å². The predicted molar refractivity (Wildman–Crippen MR) is 78.6 cm³/mol. The Morgan fingerprint density at radius 2 is 1.94 bits per heavy atom. The summed E-state index contributed by atoms with van der Waals surface area (Å²) < 4.78 is 1.33. The molecule has 0 saturated carbocycles. The van der Waals surface area contributed by atoms with Gasteiger partial charge >= 0.3 is 0 Å². The summed E-state index contributed by atoms with van der Waals surface area (Å²) in [6.07, 6.45) is 2.38. The highest BCUT2D eigenvalue weighted by Crippen LogP contribution is 2.31. The quantitative estimate of drug-likeness (QED) is 0.872. The number of aromatic nitrogens is 1. The van der Waals surface area contributed by atoms with Crippen LogP contribution in [0.4, 0.5) is 5.13 Å². The van der Waals surface area contributed by atoms with Gasteiger partial charge in [0.15, 0.2) is 5.13 Å². The number of piperidine rings is 1. The molecule has 96 valence electrons. The van der Waals surface area contributed by atoms with Crippen molar-refractivity contribution >= 4 is 26.7 Å². The van der Waals surface area contributed by atoms with Crippen molar-refractivity contribution in [3.05, 3.63) is 23.3 Å². The van der Waals surface area contributed by atoms with Crippen LogP contribution < -0.4 is 10.6 Å². The molecule has 2 heterocycles. The van der Waals surface area contributed by atoms with Gasteiger partial charge in [-0.15, -0.1) is 0 Å². The fourth-order valence-corrected chi connectivity index (χ4v) is 3.55. The van der Waals surface area contributed by atoms with Gasteiger partial charge in [-0.25, -0.2) is 4.98 Å². The van der Waals surface area contributed by atoms with Gasteiger partial charge in [0.25, 0.3) is 0 Å². The fourth-order valence-electron chi connectivity index (χ4n) is 2.46. The number of anilines is 1. The maximum Gasteiger partial charge on any atom is 0.184 e. The zero-order valence-corrected chi connectivity index (χ0v) is 11.7. The third-order valence-corrected chi connectivity index (χ3v) is 4.73. The zero-order chi connectivity index (χ0) is 12.5. The minimum Gasteiger partial charge on any atom is -0.359 e. The maximum atomic E-state index is 4.75. The van der Waals surface area contributed by atoms with E-state index in [1.165, 1.54) is 28.7 Å². The second-order valence-electron chi connectivity index (χ2n) is 5.06. The molecule has 1 aliphatic rings. The molecule has 2 N–H and O–H groups in total. The lowest BCUT2D eigenvalue weighted by Gasteiger charge is -2.23. The van der Waals surface area contributed by atoms with Gasteiger partial charge in [-0.3, -0.25) is 0 Å². The maximum absolute atomic E-state index is 4.75. The number of rotatable bonds is 2. The summed E-state index contributed by atoms with van der Waals surface area (Å²) in [5.41, 5.74) is 3.76. The first-order valence-electron chi connectivity index (χ1n) is 6.58. The van der Waals surface area contributed by atoms with Crippen molar-refractivity contribution < 1.29 is 0 Å². The number of benzene rings is 1. The van der Waals surface area contributed by atoms with Gasteiger partial charge in [0.1, 0.15) is 0 Å². The molecule has 4 heteroatoms. The number of thiazole rings is 1. The molecule has 1 aliphatic heterocycles. The number of hydrogen-bond acceptors (Lipinski definition) is 4. The van der Waals surface area contributed by atoms with E-state index in [-0.39, 0.29) is 0 Å². The van der Waals surface area contributed by atoms with E-state index in [1.54, 1.807) is 11.3 Å². The first-order valence-corrected chi connectivity index (χ1v) is 7.39. The Balaban J connectivity index is 1.88. The van der Waals surface area contributed by atoms with E-state index in [0.717, 1.165) is 23.7 Å². The lowest BCUT2D eigenvalue weighted by molar-refractivity contribution is 0.479. The monoisotopic (exact) mass is 261 g/mol. The van der Waals surface area contributed by atoms with Gasteiger partial charge in [0, 0.05) is 6.04 Å². The highest BCUT2D eigenvalue weighted by atomic mass is 32.1. The standard InChI is InChI=1S/C14H19N3S/c1-9-3-4-10(2)13-12(9)17-14(18-13)16-11-5-7-15-8-6-11/h3-4,11,15H,5-8H2,1-2H3,(H,16,17). The summed E-state index contributed by atoms with van der Waals surface area (Å²) in [6, 6.07) is 4.92.